The lowest BCUT2D eigenvalue weighted by molar-refractivity contribution is 0.366. The molecule has 2 rings (SSSR count). The number of anilines is 1. The molecule has 0 fully saturated rings. The van der Waals surface area contributed by atoms with E-state index in [1.165, 1.54) is 0 Å². The summed E-state index contributed by atoms with van der Waals surface area (Å²) in [7, 11) is 0. The van der Waals surface area contributed by atoms with Gasteiger partial charge in [-0.1, -0.05) is 40.0 Å². The van der Waals surface area contributed by atoms with Crippen molar-refractivity contribution in [2.24, 2.45) is 0 Å². The van der Waals surface area contributed by atoms with Crippen molar-refractivity contribution >= 4 is 21.6 Å². The largest absolute Gasteiger partial charge is 0.481 e. The van der Waals surface area contributed by atoms with E-state index in [1.54, 1.807) is 0 Å². The van der Waals surface area contributed by atoms with Gasteiger partial charge in [0.05, 0.1) is 0 Å². The van der Waals surface area contributed by atoms with Crippen molar-refractivity contribution < 1.29 is 4.74 Å². The predicted octanol–water partition coefficient (Wildman–Crippen LogP) is 4.07. The maximum absolute atomic E-state index is 5.51. The molecule has 0 saturated carbocycles. The van der Waals surface area contributed by atoms with Crippen LogP contribution in [0.1, 0.15) is 5.56 Å². The van der Waals surface area contributed by atoms with Gasteiger partial charge in [0.25, 0.3) is 0 Å². The van der Waals surface area contributed by atoms with Crippen LogP contribution in [-0.2, 0) is 6.54 Å². The summed E-state index contributed by atoms with van der Waals surface area (Å²) in [6.07, 6.45) is 5.21. The van der Waals surface area contributed by atoms with Crippen LogP contribution in [0.15, 0.2) is 53.0 Å². The van der Waals surface area contributed by atoms with E-state index in [1.807, 2.05) is 48.5 Å². The van der Waals surface area contributed by atoms with Crippen LogP contribution < -0.4 is 10.1 Å². The van der Waals surface area contributed by atoms with Gasteiger partial charge in [-0.25, -0.2) is 0 Å². The molecule has 96 valence electrons. The summed E-state index contributed by atoms with van der Waals surface area (Å²) in [5, 5.41) is 3.35. The number of halogens is 1. The highest BCUT2D eigenvalue weighted by Crippen LogP contribution is 2.20. The smallest absolute Gasteiger partial charge is 0.148 e. The van der Waals surface area contributed by atoms with Gasteiger partial charge in [0, 0.05) is 22.3 Å². The third-order valence-corrected chi connectivity index (χ3v) is 3.14. The van der Waals surface area contributed by atoms with E-state index in [2.05, 4.69) is 27.2 Å². The summed E-state index contributed by atoms with van der Waals surface area (Å²) >= 11 is 3.41. The van der Waals surface area contributed by atoms with Gasteiger partial charge in [0.1, 0.15) is 12.4 Å². The number of benzene rings is 2. The Morgan fingerprint density at radius 3 is 2.58 bits per heavy atom. The molecule has 3 heteroatoms. The van der Waals surface area contributed by atoms with Crippen LogP contribution in [0.4, 0.5) is 5.69 Å². The second kappa shape index (κ2) is 6.86. The number of terminal acetylenes is 1. The summed E-state index contributed by atoms with van der Waals surface area (Å²) in [6, 6.07) is 15.9. The molecule has 19 heavy (non-hydrogen) atoms. The molecule has 0 aromatic heterocycles. The highest BCUT2D eigenvalue weighted by Gasteiger charge is 2.02. The van der Waals surface area contributed by atoms with Crippen LogP contribution in [0.3, 0.4) is 0 Å². The Morgan fingerprint density at radius 2 is 1.84 bits per heavy atom. The maximum Gasteiger partial charge on any atom is 0.148 e. The van der Waals surface area contributed by atoms with Gasteiger partial charge in [-0.2, -0.15) is 0 Å². The zero-order valence-corrected chi connectivity index (χ0v) is 12.0. The number of nitrogens with one attached hydrogen (secondary N) is 1. The van der Waals surface area contributed by atoms with Gasteiger partial charge in [-0.05, 0) is 30.3 Å². The maximum atomic E-state index is 5.51. The fraction of sp³-hybridized carbons (Fsp3) is 0.125. The molecule has 0 radical (unpaired) electrons. The molecular weight excluding hydrogens is 302 g/mol. The van der Waals surface area contributed by atoms with Gasteiger partial charge in [0.15, 0.2) is 0 Å². The molecule has 2 nitrogen and oxygen atoms in total. The van der Waals surface area contributed by atoms with Crippen LogP contribution >= 0.6 is 15.9 Å². The van der Waals surface area contributed by atoms with Crippen molar-refractivity contribution in [3.05, 3.63) is 58.6 Å². The second-order valence-electron chi connectivity index (χ2n) is 3.96. The fourth-order valence-corrected chi connectivity index (χ4v) is 1.94. The minimum atomic E-state index is 0.287. The van der Waals surface area contributed by atoms with Crippen LogP contribution in [0, 0.1) is 12.3 Å². The summed E-state index contributed by atoms with van der Waals surface area (Å²) in [5.74, 6) is 3.30. The topological polar surface area (TPSA) is 21.3 Å². The Bertz CT molecular complexity index is 572. The molecular formula is C16H14BrNO. The van der Waals surface area contributed by atoms with Crippen molar-refractivity contribution in [3.8, 4) is 18.1 Å². The van der Waals surface area contributed by atoms with E-state index in [0.717, 1.165) is 21.5 Å². The molecule has 0 heterocycles. The second-order valence-corrected chi connectivity index (χ2v) is 4.88. The van der Waals surface area contributed by atoms with Gasteiger partial charge >= 0.3 is 0 Å². The average Bonchev–Trinajstić information content (AvgIpc) is 2.45. The molecule has 0 saturated heterocycles. The zero-order valence-electron chi connectivity index (χ0n) is 10.4. The Labute approximate surface area is 121 Å². The SMILES string of the molecule is C#CCOc1ccccc1CNc1ccc(Br)cc1. The predicted molar refractivity (Wildman–Crippen MR) is 82.2 cm³/mol. The first-order valence-electron chi connectivity index (χ1n) is 5.93. The molecule has 0 aliphatic carbocycles. The lowest BCUT2D eigenvalue weighted by atomic mass is 10.2. The molecule has 0 bridgehead atoms. The first-order chi connectivity index (χ1) is 9.29. The third kappa shape index (κ3) is 4.04. The highest BCUT2D eigenvalue weighted by molar-refractivity contribution is 9.10. The summed E-state index contributed by atoms with van der Waals surface area (Å²) in [4.78, 5) is 0. The van der Waals surface area contributed by atoms with Crippen LogP contribution in [0.2, 0.25) is 0 Å². The Kier molecular flexibility index (Phi) is 4.88. The van der Waals surface area contributed by atoms with E-state index in [4.69, 9.17) is 11.2 Å². The molecule has 0 amide bonds. The lowest BCUT2D eigenvalue weighted by Gasteiger charge is -2.11. The Hall–Kier alpha value is -1.92. The molecule has 1 N–H and O–H groups in total. The van der Waals surface area contributed by atoms with E-state index in [-0.39, 0.29) is 6.61 Å². The number of rotatable bonds is 5. The van der Waals surface area contributed by atoms with Crippen molar-refractivity contribution in [1.29, 1.82) is 0 Å². The lowest BCUT2D eigenvalue weighted by Crippen LogP contribution is -2.03. The average molecular weight is 316 g/mol. The Morgan fingerprint density at radius 1 is 1.11 bits per heavy atom. The van der Waals surface area contributed by atoms with Crippen molar-refractivity contribution in [3.63, 3.8) is 0 Å². The zero-order chi connectivity index (χ0) is 13.5. The molecule has 0 unspecified atom stereocenters. The molecule has 0 aliphatic heterocycles. The number of para-hydroxylation sites is 1. The minimum Gasteiger partial charge on any atom is -0.481 e. The van der Waals surface area contributed by atoms with Gasteiger partial charge < -0.3 is 10.1 Å². The first kappa shape index (κ1) is 13.5. The van der Waals surface area contributed by atoms with E-state index in [0.29, 0.717) is 6.54 Å². The fourth-order valence-electron chi connectivity index (χ4n) is 1.68. The van der Waals surface area contributed by atoms with Crippen LogP contribution in [-0.4, -0.2) is 6.61 Å². The first-order valence-corrected chi connectivity index (χ1v) is 6.72. The number of ether oxygens (including phenoxy) is 1. The molecule has 0 spiro atoms. The molecule has 2 aromatic carbocycles. The van der Waals surface area contributed by atoms with Gasteiger partial charge in [-0.3, -0.25) is 0 Å². The van der Waals surface area contributed by atoms with E-state index in [9.17, 15) is 0 Å². The summed E-state index contributed by atoms with van der Waals surface area (Å²) in [6.45, 7) is 0.984. The Balaban J connectivity index is 2.03. The standard InChI is InChI=1S/C16H14BrNO/c1-2-11-19-16-6-4-3-5-13(16)12-18-15-9-7-14(17)8-10-15/h1,3-10,18H,11-12H2. The van der Waals surface area contributed by atoms with Gasteiger partial charge in [0.2, 0.25) is 0 Å². The van der Waals surface area contributed by atoms with Gasteiger partial charge in [-0.15, -0.1) is 6.42 Å². The van der Waals surface area contributed by atoms with Crippen molar-refractivity contribution in [1.82, 2.24) is 0 Å². The molecule has 2 aromatic rings. The summed E-state index contributed by atoms with van der Waals surface area (Å²) in [5.41, 5.74) is 2.15. The van der Waals surface area contributed by atoms with Crippen molar-refractivity contribution in [2.75, 3.05) is 11.9 Å². The normalized spacial score (nSPS) is 9.68. The number of hydrogen-bond acceptors (Lipinski definition) is 2. The van der Waals surface area contributed by atoms with Crippen LogP contribution in [0.5, 0.6) is 5.75 Å². The minimum absolute atomic E-state index is 0.287. The van der Waals surface area contributed by atoms with Crippen LogP contribution in [0.25, 0.3) is 0 Å². The van der Waals surface area contributed by atoms with E-state index < -0.39 is 0 Å². The van der Waals surface area contributed by atoms with Crippen molar-refractivity contribution in [2.45, 2.75) is 6.54 Å². The third-order valence-electron chi connectivity index (χ3n) is 2.61. The quantitative estimate of drug-likeness (QED) is 0.840. The number of hydrogen-bond donors (Lipinski definition) is 1. The molecule has 0 aliphatic rings. The molecule has 0 atom stereocenters. The summed E-state index contributed by atoms with van der Waals surface area (Å²) < 4.78 is 6.58. The highest BCUT2D eigenvalue weighted by atomic mass is 79.9. The van der Waals surface area contributed by atoms with E-state index >= 15 is 0 Å². The monoisotopic (exact) mass is 315 g/mol.